The Labute approximate surface area is 127 Å². The molecule has 0 radical (unpaired) electrons. The van der Waals surface area contributed by atoms with Crippen molar-refractivity contribution in [3.05, 3.63) is 16.1 Å². The van der Waals surface area contributed by atoms with Crippen molar-refractivity contribution in [2.75, 3.05) is 13.1 Å². The summed E-state index contributed by atoms with van der Waals surface area (Å²) in [5.74, 6) is 0. The van der Waals surface area contributed by atoms with Crippen LogP contribution in [-0.4, -0.2) is 35.1 Å². The summed E-state index contributed by atoms with van der Waals surface area (Å²) in [6.07, 6.45) is 6.41. The summed E-state index contributed by atoms with van der Waals surface area (Å²) in [5, 5.41) is 7.02. The number of aromatic nitrogens is 1. The highest BCUT2D eigenvalue weighted by molar-refractivity contribution is 7.09. The van der Waals surface area contributed by atoms with Crippen molar-refractivity contribution >= 4 is 11.3 Å². The zero-order valence-electron chi connectivity index (χ0n) is 13.2. The van der Waals surface area contributed by atoms with Crippen LogP contribution in [0, 0.1) is 0 Å². The van der Waals surface area contributed by atoms with Crippen LogP contribution in [0.3, 0.4) is 0 Å². The average Bonchev–Trinajstić information content (AvgIpc) is 2.92. The highest BCUT2D eigenvalue weighted by Gasteiger charge is 2.18. The number of thiazole rings is 1. The number of hydrogen-bond donors (Lipinski definition) is 1. The third kappa shape index (κ3) is 4.83. The van der Waals surface area contributed by atoms with Crippen LogP contribution in [0.15, 0.2) is 5.38 Å². The molecule has 0 aliphatic carbocycles. The van der Waals surface area contributed by atoms with Crippen LogP contribution in [0.5, 0.6) is 0 Å². The van der Waals surface area contributed by atoms with E-state index in [9.17, 15) is 0 Å². The Morgan fingerprint density at radius 2 is 2.35 bits per heavy atom. The normalized spacial score (nSPS) is 22.1. The minimum atomic E-state index is 0.578. The fraction of sp³-hybridized carbons (Fsp3) is 0.812. The van der Waals surface area contributed by atoms with Crippen molar-refractivity contribution < 1.29 is 0 Å². The number of nitrogens with one attached hydrogen (secondary N) is 1. The summed E-state index contributed by atoms with van der Waals surface area (Å²) >= 11 is 1.82. The van der Waals surface area contributed by atoms with Crippen LogP contribution in [0.2, 0.25) is 0 Å². The Bertz CT molecular complexity index is 391. The summed E-state index contributed by atoms with van der Waals surface area (Å²) in [6, 6.07) is 1.34. The summed E-state index contributed by atoms with van der Waals surface area (Å²) < 4.78 is 0. The topological polar surface area (TPSA) is 28.2 Å². The molecule has 0 saturated carbocycles. The lowest BCUT2D eigenvalue weighted by Crippen LogP contribution is -2.38. The third-order valence-electron chi connectivity index (χ3n) is 4.40. The number of hydrogen-bond acceptors (Lipinski definition) is 4. The zero-order chi connectivity index (χ0) is 14.4. The van der Waals surface area contributed by atoms with E-state index in [0.717, 1.165) is 19.0 Å². The SMILES string of the molecule is CCC(C)NCc1csc(CCN2CCCCC2C)n1. The summed E-state index contributed by atoms with van der Waals surface area (Å²) in [5.41, 5.74) is 1.21. The highest BCUT2D eigenvalue weighted by atomic mass is 32.1. The molecule has 1 aliphatic rings. The molecule has 1 saturated heterocycles. The summed E-state index contributed by atoms with van der Waals surface area (Å²) in [6.45, 7) is 10.2. The van der Waals surface area contributed by atoms with Gasteiger partial charge in [-0.2, -0.15) is 0 Å². The highest BCUT2D eigenvalue weighted by Crippen LogP contribution is 2.18. The zero-order valence-corrected chi connectivity index (χ0v) is 14.0. The predicted molar refractivity (Wildman–Crippen MR) is 87.3 cm³/mol. The monoisotopic (exact) mass is 295 g/mol. The largest absolute Gasteiger partial charge is 0.309 e. The summed E-state index contributed by atoms with van der Waals surface area (Å²) in [7, 11) is 0. The van der Waals surface area contributed by atoms with E-state index in [0.29, 0.717) is 6.04 Å². The minimum Gasteiger partial charge on any atom is -0.309 e. The lowest BCUT2D eigenvalue weighted by molar-refractivity contribution is 0.163. The van der Waals surface area contributed by atoms with E-state index in [1.807, 2.05) is 11.3 Å². The first-order chi connectivity index (χ1) is 9.69. The number of rotatable bonds is 7. The average molecular weight is 295 g/mol. The molecule has 2 rings (SSSR count). The van der Waals surface area contributed by atoms with Gasteiger partial charge in [0.05, 0.1) is 10.7 Å². The molecule has 4 heteroatoms. The predicted octanol–water partition coefficient (Wildman–Crippen LogP) is 3.45. The van der Waals surface area contributed by atoms with E-state index in [2.05, 4.69) is 36.4 Å². The van der Waals surface area contributed by atoms with Gasteiger partial charge < -0.3 is 10.2 Å². The molecule has 1 fully saturated rings. The fourth-order valence-corrected chi connectivity index (χ4v) is 3.48. The van der Waals surface area contributed by atoms with Gasteiger partial charge in [0.1, 0.15) is 0 Å². The molecular weight excluding hydrogens is 266 g/mol. The van der Waals surface area contributed by atoms with Crippen molar-refractivity contribution in [1.82, 2.24) is 15.2 Å². The van der Waals surface area contributed by atoms with Gasteiger partial charge >= 0.3 is 0 Å². The molecule has 20 heavy (non-hydrogen) atoms. The van der Waals surface area contributed by atoms with Gasteiger partial charge in [0.15, 0.2) is 0 Å². The number of piperidine rings is 1. The number of likely N-dealkylation sites (tertiary alicyclic amines) is 1. The maximum atomic E-state index is 4.76. The Balaban J connectivity index is 1.74. The Kier molecular flexibility index (Phi) is 6.46. The molecule has 0 bridgehead atoms. The number of nitrogens with zero attached hydrogens (tertiary/aromatic N) is 2. The minimum absolute atomic E-state index is 0.578. The lowest BCUT2D eigenvalue weighted by Gasteiger charge is -2.33. The maximum Gasteiger partial charge on any atom is 0.0941 e. The van der Waals surface area contributed by atoms with Gasteiger partial charge in [-0.3, -0.25) is 0 Å². The second-order valence-corrected chi connectivity index (χ2v) is 7.00. The van der Waals surface area contributed by atoms with Crippen LogP contribution in [-0.2, 0) is 13.0 Å². The van der Waals surface area contributed by atoms with Crippen molar-refractivity contribution in [3.63, 3.8) is 0 Å². The van der Waals surface area contributed by atoms with Crippen LogP contribution < -0.4 is 5.32 Å². The van der Waals surface area contributed by atoms with Crippen LogP contribution in [0.25, 0.3) is 0 Å². The van der Waals surface area contributed by atoms with E-state index in [1.165, 1.54) is 49.5 Å². The first-order valence-corrected chi connectivity index (χ1v) is 8.97. The Morgan fingerprint density at radius 1 is 1.50 bits per heavy atom. The van der Waals surface area contributed by atoms with Crippen LogP contribution >= 0.6 is 11.3 Å². The lowest BCUT2D eigenvalue weighted by atomic mass is 10.0. The molecule has 1 aromatic rings. The van der Waals surface area contributed by atoms with Crippen molar-refractivity contribution in [1.29, 1.82) is 0 Å². The summed E-state index contributed by atoms with van der Waals surface area (Å²) in [4.78, 5) is 7.38. The standard InChI is InChI=1S/C16H29N3S/c1-4-13(2)17-11-15-12-20-16(18-15)8-10-19-9-6-5-7-14(19)3/h12-14,17H,4-11H2,1-3H3. The van der Waals surface area contributed by atoms with Crippen molar-refractivity contribution in [2.24, 2.45) is 0 Å². The van der Waals surface area contributed by atoms with Crippen LogP contribution in [0.1, 0.15) is 57.2 Å². The van der Waals surface area contributed by atoms with E-state index >= 15 is 0 Å². The first-order valence-electron chi connectivity index (χ1n) is 8.09. The van der Waals surface area contributed by atoms with Crippen molar-refractivity contribution in [3.8, 4) is 0 Å². The maximum absolute atomic E-state index is 4.76. The first kappa shape index (κ1) is 15.9. The van der Waals surface area contributed by atoms with E-state index < -0.39 is 0 Å². The van der Waals surface area contributed by atoms with Gasteiger partial charge in [0.2, 0.25) is 0 Å². The van der Waals surface area contributed by atoms with Gasteiger partial charge in [-0.05, 0) is 39.7 Å². The molecule has 2 atom stereocenters. The molecule has 2 heterocycles. The van der Waals surface area contributed by atoms with Gasteiger partial charge in [-0.1, -0.05) is 13.3 Å². The third-order valence-corrected chi connectivity index (χ3v) is 5.35. The molecule has 114 valence electrons. The van der Waals surface area contributed by atoms with E-state index in [1.54, 1.807) is 0 Å². The Hall–Kier alpha value is -0.450. The molecule has 1 aliphatic heterocycles. The smallest absolute Gasteiger partial charge is 0.0941 e. The fourth-order valence-electron chi connectivity index (χ4n) is 2.70. The van der Waals surface area contributed by atoms with Gasteiger partial charge in [0, 0.05) is 37.0 Å². The van der Waals surface area contributed by atoms with Gasteiger partial charge in [0.25, 0.3) is 0 Å². The molecule has 1 N–H and O–H groups in total. The molecule has 2 unspecified atom stereocenters. The van der Waals surface area contributed by atoms with Crippen molar-refractivity contribution in [2.45, 2.75) is 71.5 Å². The molecule has 3 nitrogen and oxygen atoms in total. The second kappa shape index (κ2) is 8.11. The van der Waals surface area contributed by atoms with E-state index in [4.69, 9.17) is 4.98 Å². The molecule has 1 aromatic heterocycles. The second-order valence-electron chi connectivity index (χ2n) is 6.05. The molecule has 0 spiro atoms. The van der Waals surface area contributed by atoms with Gasteiger partial charge in [-0.25, -0.2) is 4.98 Å². The Morgan fingerprint density at radius 3 is 3.10 bits per heavy atom. The molecule has 0 aromatic carbocycles. The van der Waals surface area contributed by atoms with Gasteiger partial charge in [-0.15, -0.1) is 11.3 Å². The quantitative estimate of drug-likeness (QED) is 0.835. The van der Waals surface area contributed by atoms with E-state index in [-0.39, 0.29) is 0 Å². The molecular formula is C16H29N3S. The van der Waals surface area contributed by atoms with Crippen LogP contribution in [0.4, 0.5) is 0 Å². The molecule has 0 amide bonds.